The summed E-state index contributed by atoms with van der Waals surface area (Å²) in [6.07, 6.45) is 1.29. The Hall–Kier alpha value is -1.93. The van der Waals surface area contributed by atoms with Gasteiger partial charge in [-0.1, -0.05) is 13.8 Å². The van der Waals surface area contributed by atoms with Crippen molar-refractivity contribution in [1.82, 2.24) is 14.5 Å². The summed E-state index contributed by atoms with van der Waals surface area (Å²) < 4.78 is 26.4. The minimum atomic E-state index is -3.53. The van der Waals surface area contributed by atoms with Crippen LogP contribution in [0.5, 0.6) is 0 Å². The summed E-state index contributed by atoms with van der Waals surface area (Å²) in [5.41, 5.74) is 0.463. The van der Waals surface area contributed by atoms with Crippen molar-refractivity contribution in [1.29, 1.82) is 0 Å². The quantitative estimate of drug-likeness (QED) is 0.761. The lowest BCUT2D eigenvalue weighted by Gasteiger charge is -2.31. The van der Waals surface area contributed by atoms with Crippen molar-refractivity contribution < 1.29 is 18.0 Å². The molecule has 0 atom stereocenters. The Kier molecular flexibility index (Phi) is 7.38. The van der Waals surface area contributed by atoms with Crippen molar-refractivity contribution in [2.45, 2.75) is 38.5 Å². The molecule has 1 saturated heterocycles. The molecule has 1 N–H and O–H groups in total. The summed E-state index contributed by atoms with van der Waals surface area (Å²) in [5.74, 6) is -0.123. The number of amides is 2. The Bertz CT molecular complexity index is 750. The van der Waals surface area contributed by atoms with Crippen LogP contribution in [0, 0.1) is 5.92 Å². The average Bonchev–Trinajstić information content (AvgIpc) is 2.68. The van der Waals surface area contributed by atoms with E-state index < -0.39 is 10.0 Å². The molecule has 0 aromatic heterocycles. The lowest BCUT2D eigenvalue weighted by Crippen LogP contribution is -2.43. The van der Waals surface area contributed by atoms with Crippen LogP contribution in [-0.2, 0) is 14.8 Å². The number of hydrogen-bond acceptors (Lipinski definition) is 4. The highest BCUT2D eigenvalue weighted by Gasteiger charge is 2.28. The van der Waals surface area contributed by atoms with Crippen LogP contribution in [0.25, 0.3) is 0 Å². The molecule has 2 amide bonds. The van der Waals surface area contributed by atoms with Gasteiger partial charge in [0.05, 0.1) is 4.90 Å². The molecule has 0 saturated carbocycles. The molecule has 1 fully saturated rings. The first-order chi connectivity index (χ1) is 12.8. The largest absolute Gasteiger partial charge is 0.356 e. The van der Waals surface area contributed by atoms with Gasteiger partial charge in [0, 0.05) is 44.2 Å². The van der Waals surface area contributed by atoms with Gasteiger partial charge in [0.1, 0.15) is 0 Å². The van der Waals surface area contributed by atoms with E-state index in [2.05, 4.69) is 5.32 Å². The normalized spacial score (nSPS) is 15.8. The Morgan fingerprint density at radius 2 is 1.63 bits per heavy atom. The first kappa shape index (κ1) is 21.4. The van der Waals surface area contributed by atoms with Gasteiger partial charge in [0.15, 0.2) is 0 Å². The number of rotatable bonds is 7. The fourth-order valence-electron chi connectivity index (χ4n) is 3.33. The summed E-state index contributed by atoms with van der Waals surface area (Å²) >= 11 is 0. The molecule has 1 aromatic carbocycles. The molecular weight excluding hydrogens is 366 g/mol. The Labute approximate surface area is 161 Å². The van der Waals surface area contributed by atoms with Gasteiger partial charge >= 0.3 is 0 Å². The molecular formula is C19H29N3O4S. The third kappa shape index (κ3) is 4.87. The standard InChI is InChI=1S/C19H29N3O4S/c1-4-20-18(23)15-11-13-21(14-12-15)19(24)16-7-9-17(10-8-16)27(25,26)22(5-2)6-3/h7-10,15H,4-6,11-14H2,1-3H3,(H,20,23). The average molecular weight is 396 g/mol. The first-order valence-electron chi connectivity index (χ1n) is 9.52. The van der Waals surface area contributed by atoms with Gasteiger partial charge in [-0.3, -0.25) is 9.59 Å². The zero-order valence-corrected chi connectivity index (χ0v) is 17.1. The molecule has 1 aliphatic heterocycles. The molecule has 7 nitrogen and oxygen atoms in total. The third-order valence-corrected chi connectivity index (χ3v) is 7.01. The van der Waals surface area contributed by atoms with E-state index in [-0.39, 0.29) is 22.6 Å². The maximum Gasteiger partial charge on any atom is 0.253 e. The van der Waals surface area contributed by atoms with Crippen molar-refractivity contribution in [3.8, 4) is 0 Å². The van der Waals surface area contributed by atoms with E-state index in [4.69, 9.17) is 0 Å². The van der Waals surface area contributed by atoms with Gasteiger partial charge in [-0.25, -0.2) is 8.42 Å². The Morgan fingerprint density at radius 1 is 1.07 bits per heavy atom. The minimum absolute atomic E-state index is 0.0458. The Balaban J connectivity index is 2.03. The number of nitrogens with one attached hydrogen (secondary N) is 1. The molecule has 0 unspecified atom stereocenters. The van der Waals surface area contributed by atoms with Crippen molar-refractivity contribution in [3.63, 3.8) is 0 Å². The number of benzene rings is 1. The summed E-state index contributed by atoms with van der Waals surface area (Å²) in [4.78, 5) is 26.5. The number of carbonyl (C=O) groups excluding carboxylic acids is 2. The van der Waals surface area contributed by atoms with E-state index in [1.165, 1.54) is 16.4 Å². The van der Waals surface area contributed by atoms with Crippen molar-refractivity contribution >= 4 is 21.8 Å². The SMILES string of the molecule is CCNC(=O)C1CCN(C(=O)c2ccc(S(=O)(=O)N(CC)CC)cc2)CC1. The van der Waals surface area contributed by atoms with Gasteiger partial charge in [0.2, 0.25) is 15.9 Å². The zero-order chi connectivity index (χ0) is 20.0. The van der Waals surface area contributed by atoms with Crippen LogP contribution in [0.1, 0.15) is 44.0 Å². The van der Waals surface area contributed by atoms with Gasteiger partial charge in [-0.05, 0) is 44.0 Å². The van der Waals surface area contributed by atoms with Crippen LogP contribution >= 0.6 is 0 Å². The minimum Gasteiger partial charge on any atom is -0.356 e. The topological polar surface area (TPSA) is 86.8 Å². The van der Waals surface area contributed by atoms with Crippen molar-refractivity contribution in [2.24, 2.45) is 5.92 Å². The first-order valence-corrected chi connectivity index (χ1v) is 11.0. The molecule has 2 rings (SSSR count). The lowest BCUT2D eigenvalue weighted by atomic mass is 9.95. The second kappa shape index (κ2) is 9.32. The van der Waals surface area contributed by atoms with E-state index in [0.29, 0.717) is 51.1 Å². The van der Waals surface area contributed by atoms with E-state index in [0.717, 1.165) is 0 Å². The summed E-state index contributed by atoms with van der Waals surface area (Å²) in [5, 5.41) is 2.83. The van der Waals surface area contributed by atoms with Crippen molar-refractivity contribution in [3.05, 3.63) is 29.8 Å². The second-order valence-corrected chi connectivity index (χ2v) is 8.51. The van der Waals surface area contributed by atoms with Gasteiger partial charge in [-0.15, -0.1) is 0 Å². The summed E-state index contributed by atoms with van der Waals surface area (Å²) in [6, 6.07) is 6.11. The summed E-state index contributed by atoms with van der Waals surface area (Å²) in [6.45, 7) is 7.95. The Morgan fingerprint density at radius 3 is 2.11 bits per heavy atom. The van der Waals surface area contributed by atoms with Crippen LogP contribution in [0.2, 0.25) is 0 Å². The number of hydrogen-bond donors (Lipinski definition) is 1. The highest BCUT2D eigenvalue weighted by atomic mass is 32.2. The maximum absolute atomic E-state index is 12.7. The zero-order valence-electron chi connectivity index (χ0n) is 16.3. The van der Waals surface area contributed by atoms with Gasteiger partial charge < -0.3 is 10.2 Å². The third-order valence-electron chi connectivity index (χ3n) is 4.95. The maximum atomic E-state index is 12.7. The summed E-state index contributed by atoms with van der Waals surface area (Å²) in [7, 11) is -3.53. The molecule has 150 valence electrons. The highest BCUT2D eigenvalue weighted by molar-refractivity contribution is 7.89. The molecule has 8 heteroatoms. The van der Waals surface area contributed by atoms with Crippen LogP contribution in [0.4, 0.5) is 0 Å². The predicted molar refractivity (Wildman–Crippen MR) is 104 cm³/mol. The van der Waals surface area contributed by atoms with Gasteiger partial charge in [0.25, 0.3) is 5.91 Å². The number of carbonyl (C=O) groups is 2. The fourth-order valence-corrected chi connectivity index (χ4v) is 4.79. The van der Waals surface area contributed by atoms with E-state index in [1.807, 2.05) is 6.92 Å². The lowest BCUT2D eigenvalue weighted by molar-refractivity contribution is -0.126. The predicted octanol–water partition coefficient (Wildman–Crippen LogP) is 1.71. The highest BCUT2D eigenvalue weighted by Crippen LogP contribution is 2.21. The second-order valence-electron chi connectivity index (χ2n) is 6.57. The smallest absolute Gasteiger partial charge is 0.253 e. The van der Waals surface area contributed by atoms with Crippen LogP contribution < -0.4 is 5.32 Å². The molecule has 27 heavy (non-hydrogen) atoms. The molecule has 0 aliphatic carbocycles. The van der Waals surface area contributed by atoms with Crippen LogP contribution in [-0.4, -0.2) is 62.2 Å². The molecule has 0 radical (unpaired) electrons. The number of piperidine rings is 1. The number of likely N-dealkylation sites (tertiary alicyclic amines) is 1. The molecule has 1 heterocycles. The monoisotopic (exact) mass is 395 g/mol. The number of nitrogens with zero attached hydrogens (tertiary/aromatic N) is 2. The molecule has 1 aromatic rings. The van der Waals surface area contributed by atoms with Crippen molar-refractivity contribution in [2.75, 3.05) is 32.7 Å². The van der Waals surface area contributed by atoms with Crippen LogP contribution in [0.15, 0.2) is 29.2 Å². The number of sulfonamides is 1. The molecule has 0 spiro atoms. The van der Waals surface area contributed by atoms with E-state index >= 15 is 0 Å². The molecule has 0 bridgehead atoms. The van der Waals surface area contributed by atoms with Gasteiger partial charge in [-0.2, -0.15) is 4.31 Å². The van der Waals surface area contributed by atoms with Crippen LogP contribution in [0.3, 0.4) is 0 Å². The van der Waals surface area contributed by atoms with E-state index in [1.54, 1.807) is 30.9 Å². The fraction of sp³-hybridized carbons (Fsp3) is 0.579. The van der Waals surface area contributed by atoms with E-state index in [9.17, 15) is 18.0 Å². The molecule has 1 aliphatic rings.